The number of halogens is 1. The van der Waals surface area contributed by atoms with E-state index in [4.69, 9.17) is 16.3 Å². The van der Waals surface area contributed by atoms with E-state index in [9.17, 15) is 9.59 Å². The molecule has 1 heterocycles. The summed E-state index contributed by atoms with van der Waals surface area (Å²) in [4.78, 5) is 28.7. The summed E-state index contributed by atoms with van der Waals surface area (Å²) in [5.74, 6) is -0.523. The number of rotatable bonds is 7. The van der Waals surface area contributed by atoms with E-state index < -0.39 is 0 Å². The van der Waals surface area contributed by atoms with Crippen molar-refractivity contribution in [1.82, 2.24) is 5.32 Å². The van der Waals surface area contributed by atoms with Gasteiger partial charge in [0.1, 0.15) is 0 Å². The zero-order valence-corrected chi connectivity index (χ0v) is 17.9. The molecule has 0 unspecified atom stereocenters. The Morgan fingerprint density at radius 2 is 1.97 bits per heavy atom. The molecule has 0 saturated carbocycles. The predicted molar refractivity (Wildman–Crippen MR) is 117 cm³/mol. The normalized spacial score (nSPS) is 15.9. The lowest BCUT2D eigenvalue weighted by molar-refractivity contribution is -0.118. The van der Waals surface area contributed by atoms with Crippen molar-refractivity contribution in [3.05, 3.63) is 70.1 Å². The van der Waals surface area contributed by atoms with Crippen molar-refractivity contribution < 1.29 is 14.3 Å². The number of carbonyl (C=O) groups excluding carboxylic acids is 2. The molecular weight excluding hydrogens is 408 g/mol. The number of amides is 2. The van der Waals surface area contributed by atoms with Gasteiger partial charge in [-0.3, -0.25) is 9.59 Å². The maximum Gasteiger partial charge on any atom is 0.265 e. The number of hydrogen-bond donors (Lipinski definition) is 1. The lowest BCUT2D eigenvalue weighted by Gasteiger charge is -2.30. The first-order valence-electron chi connectivity index (χ1n) is 9.36. The number of anilines is 1. The number of ether oxygens (including phenoxy) is 1. The van der Waals surface area contributed by atoms with Crippen LogP contribution in [0, 0.1) is 0 Å². The zero-order chi connectivity index (χ0) is 20.8. The molecule has 1 atom stereocenters. The van der Waals surface area contributed by atoms with Crippen molar-refractivity contribution in [3.8, 4) is 0 Å². The fourth-order valence-corrected chi connectivity index (χ4v) is 4.27. The number of nitrogens with zero attached hydrogens (tertiary/aromatic N) is 1. The SMILES string of the molecule is CC[C@@H](COC)NC(=O)/C=C1/Sc2ccccc2N(Cc2ccccc2Cl)C1=O. The number of carbonyl (C=O) groups is 2. The molecule has 0 radical (unpaired) electrons. The smallest absolute Gasteiger partial charge is 0.265 e. The summed E-state index contributed by atoms with van der Waals surface area (Å²) < 4.78 is 5.12. The van der Waals surface area contributed by atoms with E-state index in [0.717, 1.165) is 22.6 Å². The minimum atomic E-state index is -0.304. The Bertz CT molecular complexity index is 932. The standard InChI is InChI=1S/C22H23ClN2O3S/c1-3-16(14-28-2)24-21(26)12-20-22(27)25(13-15-8-4-5-9-17(15)23)18-10-6-7-11-19(18)29-20/h4-12,16H,3,13-14H2,1-2H3,(H,24,26)/b20-12+/t16-/m0/s1. The third-order valence-electron chi connectivity index (χ3n) is 4.59. The van der Waals surface area contributed by atoms with Gasteiger partial charge in [0.05, 0.1) is 29.8 Å². The lowest BCUT2D eigenvalue weighted by atomic mass is 10.1. The van der Waals surface area contributed by atoms with Crippen LogP contribution in [0.15, 0.2) is 64.4 Å². The van der Waals surface area contributed by atoms with Crippen molar-refractivity contribution in [1.29, 1.82) is 0 Å². The summed E-state index contributed by atoms with van der Waals surface area (Å²) in [6.45, 7) is 2.73. The van der Waals surface area contributed by atoms with Crippen LogP contribution in [-0.2, 0) is 20.9 Å². The van der Waals surface area contributed by atoms with E-state index in [-0.39, 0.29) is 17.9 Å². The summed E-state index contributed by atoms with van der Waals surface area (Å²) in [5.41, 5.74) is 1.66. The lowest BCUT2D eigenvalue weighted by Crippen LogP contribution is -2.38. The van der Waals surface area contributed by atoms with Crippen LogP contribution in [0.4, 0.5) is 5.69 Å². The summed E-state index contributed by atoms with van der Waals surface area (Å²) in [6, 6.07) is 15.0. The van der Waals surface area contributed by atoms with E-state index in [2.05, 4.69) is 5.32 Å². The Morgan fingerprint density at radius 3 is 2.69 bits per heavy atom. The second kappa shape index (κ2) is 9.96. The van der Waals surface area contributed by atoms with Crippen LogP contribution < -0.4 is 10.2 Å². The molecule has 1 aliphatic heterocycles. The maximum atomic E-state index is 13.2. The minimum absolute atomic E-state index is 0.0976. The second-order valence-corrected chi connectivity index (χ2v) is 8.12. The van der Waals surface area contributed by atoms with Crippen molar-refractivity contribution in [2.24, 2.45) is 0 Å². The monoisotopic (exact) mass is 430 g/mol. The van der Waals surface area contributed by atoms with Crippen molar-refractivity contribution >= 4 is 40.9 Å². The van der Waals surface area contributed by atoms with Gasteiger partial charge in [-0.05, 0) is 30.2 Å². The van der Waals surface area contributed by atoms with E-state index >= 15 is 0 Å². The summed E-state index contributed by atoms with van der Waals surface area (Å²) >= 11 is 7.61. The fraction of sp³-hybridized carbons (Fsp3) is 0.273. The topological polar surface area (TPSA) is 58.6 Å². The predicted octanol–water partition coefficient (Wildman–Crippen LogP) is 4.40. The first-order chi connectivity index (χ1) is 14.0. The van der Waals surface area contributed by atoms with Crippen LogP contribution >= 0.6 is 23.4 Å². The Kier molecular flexibility index (Phi) is 7.36. The van der Waals surface area contributed by atoms with Gasteiger partial charge in [-0.1, -0.05) is 60.6 Å². The number of fused-ring (bicyclic) bond motifs is 1. The summed E-state index contributed by atoms with van der Waals surface area (Å²) in [5, 5.41) is 3.49. The van der Waals surface area contributed by atoms with Gasteiger partial charge in [0.2, 0.25) is 5.91 Å². The first kappa shape index (κ1) is 21.4. The van der Waals surface area contributed by atoms with Crippen molar-refractivity contribution in [2.75, 3.05) is 18.6 Å². The van der Waals surface area contributed by atoms with Gasteiger partial charge >= 0.3 is 0 Å². The van der Waals surface area contributed by atoms with Gasteiger partial charge in [-0.15, -0.1) is 0 Å². The molecule has 29 heavy (non-hydrogen) atoms. The average molecular weight is 431 g/mol. The minimum Gasteiger partial charge on any atom is -0.383 e. The van der Waals surface area contributed by atoms with E-state index in [1.54, 1.807) is 18.1 Å². The van der Waals surface area contributed by atoms with Crippen LogP contribution in [0.1, 0.15) is 18.9 Å². The van der Waals surface area contributed by atoms with Crippen LogP contribution in [0.3, 0.4) is 0 Å². The molecule has 2 amide bonds. The van der Waals surface area contributed by atoms with Crippen LogP contribution in [0.5, 0.6) is 0 Å². The van der Waals surface area contributed by atoms with Gasteiger partial charge < -0.3 is 15.0 Å². The Morgan fingerprint density at radius 1 is 1.24 bits per heavy atom. The molecule has 0 bridgehead atoms. The number of thioether (sulfide) groups is 1. The fourth-order valence-electron chi connectivity index (χ4n) is 3.04. The van der Waals surface area contributed by atoms with Crippen LogP contribution in [0.25, 0.3) is 0 Å². The second-order valence-electron chi connectivity index (χ2n) is 6.63. The van der Waals surface area contributed by atoms with Crippen LogP contribution in [-0.4, -0.2) is 31.6 Å². The molecule has 3 rings (SSSR count). The summed E-state index contributed by atoms with van der Waals surface area (Å²) in [7, 11) is 1.59. The molecule has 0 aromatic heterocycles. The van der Waals surface area contributed by atoms with E-state index in [0.29, 0.717) is 23.1 Å². The maximum absolute atomic E-state index is 13.2. The van der Waals surface area contributed by atoms with Crippen molar-refractivity contribution in [3.63, 3.8) is 0 Å². The largest absolute Gasteiger partial charge is 0.383 e. The average Bonchev–Trinajstić information content (AvgIpc) is 2.72. The van der Waals surface area contributed by atoms with Gasteiger partial charge in [0.15, 0.2) is 0 Å². The van der Waals surface area contributed by atoms with E-state index in [1.165, 1.54) is 17.8 Å². The van der Waals surface area contributed by atoms with Gasteiger partial charge in [0, 0.05) is 23.1 Å². The van der Waals surface area contributed by atoms with Gasteiger partial charge in [-0.2, -0.15) is 0 Å². The highest BCUT2D eigenvalue weighted by Gasteiger charge is 2.30. The third kappa shape index (κ3) is 5.21. The van der Waals surface area contributed by atoms with Gasteiger partial charge in [0.25, 0.3) is 5.91 Å². The van der Waals surface area contributed by atoms with Crippen LogP contribution in [0.2, 0.25) is 5.02 Å². The molecule has 0 fully saturated rings. The molecule has 0 saturated heterocycles. The molecular formula is C22H23ClN2O3S. The molecule has 2 aromatic rings. The Labute approximate surface area is 180 Å². The molecule has 152 valence electrons. The number of hydrogen-bond acceptors (Lipinski definition) is 4. The highest BCUT2D eigenvalue weighted by molar-refractivity contribution is 8.04. The number of nitrogens with one attached hydrogen (secondary N) is 1. The number of benzene rings is 2. The Balaban J connectivity index is 1.88. The highest BCUT2D eigenvalue weighted by Crippen LogP contribution is 2.42. The quantitative estimate of drug-likeness (QED) is 0.661. The first-order valence-corrected chi connectivity index (χ1v) is 10.6. The number of methoxy groups -OCH3 is 1. The third-order valence-corrected chi connectivity index (χ3v) is 6.03. The molecule has 0 aliphatic carbocycles. The molecule has 1 N–H and O–H groups in total. The molecule has 1 aliphatic rings. The van der Waals surface area contributed by atoms with Gasteiger partial charge in [-0.25, -0.2) is 0 Å². The van der Waals surface area contributed by atoms with Crippen molar-refractivity contribution in [2.45, 2.75) is 30.8 Å². The Hall–Kier alpha value is -2.28. The molecule has 7 heteroatoms. The molecule has 0 spiro atoms. The number of para-hydroxylation sites is 1. The van der Waals surface area contributed by atoms with E-state index in [1.807, 2.05) is 49.4 Å². The summed E-state index contributed by atoms with van der Waals surface area (Å²) in [6.07, 6.45) is 2.12. The zero-order valence-electron chi connectivity index (χ0n) is 16.4. The molecule has 2 aromatic carbocycles. The molecule has 5 nitrogen and oxygen atoms in total. The highest BCUT2D eigenvalue weighted by atomic mass is 35.5.